The minimum atomic E-state index is -0.810. The zero-order chi connectivity index (χ0) is 20.4. The van der Waals surface area contributed by atoms with Gasteiger partial charge in [-0.25, -0.2) is 0 Å². The Kier molecular flexibility index (Phi) is 18.4. The number of rotatable bonds is 17. The van der Waals surface area contributed by atoms with Crippen LogP contribution in [-0.4, -0.2) is 27.5 Å². The minimum Gasteiger partial charge on any atom is -0.465 e. The van der Waals surface area contributed by atoms with Crippen molar-refractivity contribution >= 4 is 43.8 Å². The van der Waals surface area contributed by atoms with Crippen LogP contribution >= 0.6 is 33.3 Å². The lowest BCUT2D eigenvalue weighted by molar-refractivity contribution is -0.145. The standard InChI is InChI=1S/C21H40O3S3/c1-5-7-9-10-11-12-13-14-15-16-18-25-27-20(23)26-21(3,4)19(22)24-17-8-6-2/h5-18H2,1-4H3. The Morgan fingerprint density at radius 1 is 0.778 bits per heavy atom. The van der Waals surface area contributed by atoms with Crippen molar-refractivity contribution in [2.24, 2.45) is 0 Å². The first-order chi connectivity index (χ1) is 12.9. The van der Waals surface area contributed by atoms with Crippen molar-refractivity contribution in [1.29, 1.82) is 0 Å². The monoisotopic (exact) mass is 436 g/mol. The Hall–Kier alpha value is 0.190. The highest BCUT2D eigenvalue weighted by Gasteiger charge is 2.33. The lowest BCUT2D eigenvalue weighted by Gasteiger charge is -2.20. The number of carbonyl (C=O) groups is 2. The average molecular weight is 437 g/mol. The summed E-state index contributed by atoms with van der Waals surface area (Å²) in [7, 11) is 2.87. The van der Waals surface area contributed by atoms with Gasteiger partial charge in [0, 0.05) is 5.75 Å². The lowest BCUT2D eigenvalue weighted by Crippen LogP contribution is -2.31. The van der Waals surface area contributed by atoms with Gasteiger partial charge in [-0.3, -0.25) is 9.59 Å². The number of hydrogen-bond donors (Lipinski definition) is 0. The Morgan fingerprint density at radius 3 is 1.85 bits per heavy atom. The van der Waals surface area contributed by atoms with Crippen LogP contribution in [0, 0.1) is 0 Å². The van der Waals surface area contributed by atoms with Gasteiger partial charge < -0.3 is 4.74 Å². The largest absolute Gasteiger partial charge is 0.465 e. The number of hydrogen-bond acceptors (Lipinski definition) is 6. The molecule has 0 N–H and O–H groups in total. The van der Waals surface area contributed by atoms with Crippen molar-refractivity contribution < 1.29 is 14.3 Å². The number of carbonyl (C=O) groups excluding carboxylic acids is 2. The third-order valence-corrected chi connectivity index (χ3v) is 7.95. The van der Waals surface area contributed by atoms with Crippen LogP contribution in [0.5, 0.6) is 0 Å². The topological polar surface area (TPSA) is 43.4 Å². The van der Waals surface area contributed by atoms with Crippen molar-refractivity contribution in [2.45, 2.75) is 109 Å². The van der Waals surface area contributed by atoms with Gasteiger partial charge in [-0.15, -0.1) is 0 Å². The van der Waals surface area contributed by atoms with Gasteiger partial charge in [-0.05, 0) is 37.5 Å². The molecule has 0 bridgehead atoms. The van der Waals surface area contributed by atoms with E-state index in [1.165, 1.54) is 68.6 Å². The van der Waals surface area contributed by atoms with E-state index in [9.17, 15) is 9.59 Å². The number of unbranched alkanes of at least 4 members (excludes halogenated alkanes) is 10. The van der Waals surface area contributed by atoms with E-state index in [0.717, 1.165) is 36.8 Å². The molecule has 0 aromatic heterocycles. The molecule has 0 amide bonds. The van der Waals surface area contributed by atoms with Crippen molar-refractivity contribution in [3.63, 3.8) is 0 Å². The number of esters is 1. The zero-order valence-electron chi connectivity index (χ0n) is 17.8. The third kappa shape index (κ3) is 16.8. The van der Waals surface area contributed by atoms with E-state index in [4.69, 9.17) is 4.74 Å². The molecule has 0 saturated heterocycles. The summed E-state index contributed by atoms with van der Waals surface area (Å²) in [4.78, 5) is 24.1. The van der Waals surface area contributed by atoms with Crippen molar-refractivity contribution in [3.05, 3.63) is 0 Å². The second-order valence-corrected chi connectivity index (χ2v) is 11.7. The second kappa shape index (κ2) is 18.2. The summed E-state index contributed by atoms with van der Waals surface area (Å²) in [5.41, 5.74) is 0. The quantitative estimate of drug-likeness (QED) is 0.130. The Labute approximate surface area is 179 Å². The predicted molar refractivity (Wildman–Crippen MR) is 125 cm³/mol. The Bertz CT molecular complexity index is 387. The fraction of sp³-hybridized carbons (Fsp3) is 0.905. The van der Waals surface area contributed by atoms with Gasteiger partial charge in [0.1, 0.15) is 4.75 Å². The van der Waals surface area contributed by atoms with E-state index in [2.05, 4.69) is 13.8 Å². The van der Waals surface area contributed by atoms with Crippen molar-refractivity contribution in [2.75, 3.05) is 12.4 Å². The highest BCUT2D eigenvalue weighted by atomic mass is 33.1. The fourth-order valence-electron chi connectivity index (χ4n) is 2.49. The minimum absolute atomic E-state index is 0.00970. The van der Waals surface area contributed by atoms with Crippen LogP contribution in [0.2, 0.25) is 0 Å². The summed E-state index contributed by atoms with van der Waals surface area (Å²) in [6.07, 6.45) is 15.1. The van der Waals surface area contributed by atoms with E-state index in [1.807, 2.05) is 0 Å². The molecule has 6 heteroatoms. The zero-order valence-corrected chi connectivity index (χ0v) is 20.3. The van der Waals surface area contributed by atoms with Gasteiger partial charge in [-0.1, -0.05) is 101 Å². The first-order valence-corrected chi connectivity index (χ1v) is 13.8. The molecule has 0 atom stereocenters. The summed E-state index contributed by atoms with van der Waals surface area (Å²) in [5.74, 6) is 0.698. The summed E-state index contributed by atoms with van der Waals surface area (Å²) < 4.78 is 4.42. The van der Waals surface area contributed by atoms with E-state index in [1.54, 1.807) is 24.6 Å². The van der Waals surface area contributed by atoms with Gasteiger partial charge >= 0.3 is 5.97 Å². The van der Waals surface area contributed by atoms with E-state index < -0.39 is 4.75 Å². The molecule has 0 unspecified atom stereocenters. The van der Waals surface area contributed by atoms with Crippen LogP contribution < -0.4 is 0 Å². The molecule has 0 saturated carbocycles. The molecule has 0 rings (SSSR count). The summed E-state index contributed by atoms with van der Waals surface area (Å²) in [5, 5.41) is 0. The molecule has 0 aliphatic carbocycles. The van der Waals surface area contributed by atoms with Crippen LogP contribution in [0.25, 0.3) is 0 Å². The van der Waals surface area contributed by atoms with Crippen molar-refractivity contribution in [3.8, 4) is 0 Å². The van der Waals surface area contributed by atoms with Gasteiger partial charge in [0.2, 0.25) is 0 Å². The van der Waals surface area contributed by atoms with Crippen LogP contribution in [0.3, 0.4) is 0 Å². The van der Waals surface area contributed by atoms with Crippen LogP contribution in [0.4, 0.5) is 4.79 Å². The molecule has 0 aromatic carbocycles. The van der Waals surface area contributed by atoms with Gasteiger partial charge in [-0.2, -0.15) is 0 Å². The SMILES string of the molecule is CCCCCCCCCCCCSSC(=O)SC(C)(C)C(=O)OCCCC. The molecular formula is C21H40O3S3. The summed E-state index contributed by atoms with van der Waals surface area (Å²) in [6, 6.07) is 0. The molecule has 27 heavy (non-hydrogen) atoms. The first-order valence-electron chi connectivity index (χ1n) is 10.6. The van der Waals surface area contributed by atoms with E-state index in [-0.39, 0.29) is 10.4 Å². The maximum absolute atomic E-state index is 12.1. The van der Waals surface area contributed by atoms with E-state index in [0.29, 0.717) is 6.61 Å². The van der Waals surface area contributed by atoms with Crippen LogP contribution in [-0.2, 0) is 9.53 Å². The second-order valence-electron chi connectivity index (χ2n) is 7.44. The van der Waals surface area contributed by atoms with E-state index >= 15 is 0 Å². The molecular weight excluding hydrogens is 396 g/mol. The van der Waals surface area contributed by atoms with Crippen LogP contribution in [0.15, 0.2) is 0 Å². The maximum Gasteiger partial charge on any atom is 0.322 e. The highest BCUT2D eigenvalue weighted by molar-refractivity contribution is 8.86. The van der Waals surface area contributed by atoms with Gasteiger partial charge in [0.05, 0.1) is 6.61 Å². The number of ether oxygens (including phenoxy) is 1. The molecule has 0 aliphatic rings. The number of thioether (sulfide) groups is 1. The maximum atomic E-state index is 12.1. The molecule has 0 radical (unpaired) electrons. The normalized spacial score (nSPS) is 11.6. The van der Waals surface area contributed by atoms with Crippen LogP contribution in [0.1, 0.15) is 105 Å². The molecule has 160 valence electrons. The molecule has 0 aliphatic heterocycles. The molecule has 3 nitrogen and oxygen atoms in total. The van der Waals surface area contributed by atoms with Gasteiger partial charge in [0.25, 0.3) is 4.45 Å². The highest BCUT2D eigenvalue weighted by Crippen LogP contribution is 2.37. The third-order valence-electron chi connectivity index (χ3n) is 4.27. The molecule has 0 heterocycles. The molecule has 0 aromatic rings. The molecule has 0 fully saturated rings. The first kappa shape index (κ1) is 27.2. The molecule has 0 spiro atoms. The van der Waals surface area contributed by atoms with Crippen molar-refractivity contribution in [1.82, 2.24) is 0 Å². The predicted octanol–water partition coefficient (Wildman–Crippen LogP) is 8.26. The van der Waals surface area contributed by atoms with Gasteiger partial charge in [0.15, 0.2) is 0 Å². The Morgan fingerprint density at radius 2 is 1.30 bits per heavy atom. The smallest absolute Gasteiger partial charge is 0.322 e. The lowest BCUT2D eigenvalue weighted by atomic mass is 10.1. The summed E-state index contributed by atoms with van der Waals surface area (Å²) >= 11 is 1.08. The summed E-state index contributed by atoms with van der Waals surface area (Å²) in [6.45, 7) is 8.27. The Balaban J connectivity index is 3.58. The fourth-order valence-corrected chi connectivity index (χ4v) is 5.94. The average Bonchev–Trinajstić information content (AvgIpc) is 2.62.